The van der Waals surface area contributed by atoms with E-state index < -0.39 is 17.7 Å². The molecule has 7 heteroatoms. The molecular formula is C16H20FNO5. The number of hydrogen-bond acceptors (Lipinski definition) is 4. The fourth-order valence-electron chi connectivity index (χ4n) is 2.67. The van der Waals surface area contributed by atoms with Gasteiger partial charge < -0.3 is 19.9 Å². The molecule has 0 spiro atoms. The van der Waals surface area contributed by atoms with Crippen molar-refractivity contribution in [3.05, 3.63) is 35.1 Å². The van der Waals surface area contributed by atoms with Crippen molar-refractivity contribution in [2.75, 3.05) is 26.9 Å². The molecule has 23 heavy (non-hydrogen) atoms. The maximum absolute atomic E-state index is 14.0. The average Bonchev–Trinajstić information content (AvgIpc) is 2.55. The van der Waals surface area contributed by atoms with Crippen LogP contribution in [0.1, 0.15) is 33.6 Å². The number of ether oxygens (including phenoxy) is 2. The van der Waals surface area contributed by atoms with Crippen LogP contribution in [0.3, 0.4) is 0 Å². The van der Waals surface area contributed by atoms with Crippen molar-refractivity contribution in [1.29, 1.82) is 0 Å². The Morgan fingerprint density at radius 1 is 1.43 bits per heavy atom. The maximum Gasteiger partial charge on any atom is 0.335 e. The minimum absolute atomic E-state index is 0.178. The van der Waals surface area contributed by atoms with Crippen LogP contribution in [0.25, 0.3) is 0 Å². The van der Waals surface area contributed by atoms with Gasteiger partial charge >= 0.3 is 5.97 Å². The third-order valence-electron chi connectivity index (χ3n) is 3.96. The number of nitrogens with one attached hydrogen (secondary N) is 1. The summed E-state index contributed by atoms with van der Waals surface area (Å²) in [5, 5.41) is 11.6. The minimum Gasteiger partial charge on any atom is -0.478 e. The molecule has 1 aromatic carbocycles. The molecule has 2 N–H and O–H groups in total. The number of hydrogen-bond donors (Lipinski definition) is 2. The van der Waals surface area contributed by atoms with E-state index in [1.807, 2.05) is 0 Å². The molecule has 1 heterocycles. The number of rotatable bonds is 6. The van der Waals surface area contributed by atoms with Gasteiger partial charge in [-0.25, -0.2) is 9.18 Å². The van der Waals surface area contributed by atoms with E-state index in [9.17, 15) is 14.0 Å². The second-order valence-corrected chi connectivity index (χ2v) is 5.48. The molecule has 1 unspecified atom stereocenters. The third-order valence-corrected chi connectivity index (χ3v) is 3.96. The van der Waals surface area contributed by atoms with E-state index in [0.29, 0.717) is 19.8 Å². The highest BCUT2D eigenvalue weighted by Crippen LogP contribution is 2.20. The number of benzene rings is 1. The van der Waals surface area contributed by atoms with Gasteiger partial charge in [-0.05, 0) is 37.0 Å². The fourth-order valence-corrected chi connectivity index (χ4v) is 2.67. The van der Waals surface area contributed by atoms with Crippen molar-refractivity contribution >= 4 is 11.9 Å². The van der Waals surface area contributed by atoms with Gasteiger partial charge in [0.1, 0.15) is 5.82 Å². The molecule has 0 aliphatic carbocycles. The lowest BCUT2D eigenvalue weighted by molar-refractivity contribution is 0.0361. The molecule has 1 aliphatic heterocycles. The summed E-state index contributed by atoms with van der Waals surface area (Å²) in [5.74, 6) is -2.47. The topological polar surface area (TPSA) is 84.9 Å². The van der Waals surface area contributed by atoms with Crippen molar-refractivity contribution in [2.45, 2.75) is 18.9 Å². The summed E-state index contributed by atoms with van der Waals surface area (Å²) in [6.45, 7) is 1.58. The zero-order valence-electron chi connectivity index (χ0n) is 12.9. The minimum atomic E-state index is -1.24. The molecule has 1 aromatic rings. The van der Waals surface area contributed by atoms with E-state index in [-0.39, 0.29) is 23.1 Å². The van der Waals surface area contributed by atoms with Gasteiger partial charge in [0.2, 0.25) is 0 Å². The maximum atomic E-state index is 14.0. The van der Waals surface area contributed by atoms with Crippen molar-refractivity contribution in [2.24, 2.45) is 5.92 Å². The molecular weight excluding hydrogens is 305 g/mol. The molecule has 0 aromatic heterocycles. The summed E-state index contributed by atoms with van der Waals surface area (Å²) in [5.41, 5.74) is -0.375. The number of halogens is 1. The Morgan fingerprint density at radius 3 is 2.70 bits per heavy atom. The second kappa shape index (κ2) is 8.03. The quantitative estimate of drug-likeness (QED) is 0.831. The van der Waals surface area contributed by atoms with E-state index >= 15 is 0 Å². The SMILES string of the molecule is COCC(NC(=O)c1ccc(C(=O)O)cc1F)C1CCOCC1. The van der Waals surface area contributed by atoms with Crippen LogP contribution >= 0.6 is 0 Å². The van der Waals surface area contributed by atoms with E-state index in [1.165, 1.54) is 12.1 Å². The van der Waals surface area contributed by atoms with E-state index in [2.05, 4.69) is 5.32 Å². The molecule has 1 amide bonds. The Kier molecular flexibility index (Phi) is 6.06. The first-order chi connectivity index (χ1) is 11.0. The van der Waals surface area contributed by atoms with Gasteiger partial charge in [0.05, 0.1) is 23.8 Å². The highest BCUT2D eigenvalue weighted by atomic mass is 19.1. The summed E-state index contributed by atoms with van der Waals surface area (Å²) in [4.78, 5) is 23.1. The lowest BCUT2D eigenvalue weighted by atomic mass is 9.92. The van der Waals surface area contributed by atoms with Gasteiger partial charge in [-0.3, -0.25) is 4.79 Å². The predicted molar refractivity (Wildman–Crippen MR) is 80.0 cm³/mol. The molecule has 6 nitrogen and oxygen atoms in total. The van der Waals surface area contributed by atoms with Crippen molar-refractivity contribution in [1.82, 2.24) is 5.32 Å². The monoisotopic (exact) mass is 325 g/mol. The molecule has 1 saturated heterocycles. The van der Waals surface area contributed by atoms with E-state index in [4.69, 9.17) is 14.6 Å². The highest BCUT2D eigenvalue weighted by molar-refractivity contribution is 5.96. The van der Waals surface area contributed by atoms with Crippen LogP contribution < -0.4 is 5.32 Å². The van der Waals surface area contributed by atoms with Crippen molar-refractivity contribution < 1.29 is 28.6 Å². The van der Waals surface area contributed by atoms with Gasteiger partial charge in [-0.2, -0.15) is 0 Å². The fraction of sp³-hybridized carbons (Fsp3) is 0.500. The Balaban J connectivity index is 2.10. The van der Waals surface area contributed by atoms with Gasteiger partial charge in [-0.15, -0.1) is 0 Å². The zero-order chi connectivity index (χ0) is 16.8. The van der Waals surface area contributed by atoms with Crippen LogP contribution in [-0.2, 0) is 9.47 Å². The number of amides is 1. The molecule has 126 valence electrons. The normalized spacial score (nSPS) is 16.8. The standard InChI is InChI=1S/C16H20FNO5/c1-22-9-14(10-4-6-23-7-5-10)18-15(19)12-3-2-11(16(20)21)8-13(12)17/h2-3,8,10,14H,4-7,9H2,1H3,(H,18,19)(H,20,21). The Labute approximate surface area is 133 Å². The molecule has 2 rings (SSSR count). The van der Waals surface area contributed by atoms with E-state index in [0.717, 1.165) is 18.9 Å². The Morgan fingerprint density at radius 2 is 2.13 bits per heavy atom. The van der Waals surface area contributed by atoms with Gasteiger partial charge in [-0.1, -0.05) is 0 Å². The predicted octanol–water partition coefficient (Wildman–Crippen LogP) is 1.70. The zero-order valence-corrected chi connectivity index (χ0v) is 12.9. The number of carboxylic acid groups (broad SMARTS) is 1. The second-order valence-electron chi connectivity index (χ2n) is 5.48. The lowest BCUT2D eigenvalue weighted by Gasteiger charge is -2.30. The van der Waals surface area contributed by atoms with Crippen LogP contribution in [0.4, 0.5) is 4.39 Å². The molecule has 0 radical (unpaired) electrons. The summed E-state index contributed by atoms with van der Waals surface area (Å²) >= 11 is 0. The average molecular weight is 325 g/mol. The van der Waals surface area contributed by atoms with Gasteiger partial charge in [0, 0.05) is 20.3 Å². The molecule has 0 bridgehead atoms. The molecule has 1 fully saturated rings. The lowest BCUT2D eigenvalue weighted by Crippen LogP contribution is -2.45. The molecule has 1 aliphatic rings. The van der Waals surface area contributed by atoms with Crippen molar-refractivity contribution in [3.63, 3.8) is 0 Å². The van der Waals surface area contributed by atoms with Gasteiger partial charge in [0.25, 0.3) is 5.91 Å². The Hall–Kier alpha value is -1.99. The largest absolute Gasteiger partial charge is 0.478 e. The molecule has 0 saturated carbocycles. The van der Waals surface area contributed by atoms with Crippen LogP contribution in [0.5, 0.6) is 0 Å². The number of aromatic carboxylic acids is 1. The van der Waals surface area contributed by atoms with Crippen molar-refractivity contribution in [3.8, 4) is 0 Å². The van der Waals surface area contributed by atoms with Crippen LogP contribution in [0.2, 0.25) is 0 Å². The first kappa shape index (κ1) is 17.4. The first-order valence-electron chi connectivity index (χ1n) is 7.43. The van der Waals surface area contributed by atoms with Gasteiger partial charge in [0.15, 0.2) is 0 Å². The number of methoxy groups -OCH3 is 1. The summed E-state index contributed by atoms with van der Waals surface area (Å²) < 4.78 is 24.4. The van der Waals surface area contributed by atoms with Crippen LogP contribution in [-0.4, -0.2) is 50.0 Å². The summed E-state index contributed by atoms with van der Waals surface area (Å²) in [6.07, 6.45) is 1.60. The smallest absolute Gasteiger partial charge is 0.335 e. The highest BCUT2D eigenvalue weighted by Gasteiger charge is 2.26. The first-order valence-corrected chi connectivity index (χ1v) is 7.43. The summed E-state index contributed by atoms with van der Waals surface area (Å²) in [7, 11) is 1.54. The van der Waals surface area contributed by atoms with Crippen LogP contribution in [0.15, 0.2) is 18.2 Å². The number of carbonyl (C=O) groups is 2. The third kappa shape index (κ3) is 4.49. The van der Waals surface area contributed by atoms with Crippen LogP contribution in [0, 0.1) is 11.7 Å². The number of carboxylic acids is 1. The van der Waals surface area contributed by atoms with E-state index in [1.54, 1.807) is 7.11 Å². The molecule has 1 atom stereocenters. The summed E-state index contributed by atoms with van der Waals surface area (Å²) in [6, 6.07) is 2.99. The Bertz CT molecular complexity index is 572. The number of carbonyl (C=O) groups excluding carboxylic acids is 1.